The number of fused-ring (bicyclic) bond motifs is 1. The molecule has 0 saturated carbocycles. The van der Waals surface area contributed by atoms with Crippen LogP contribution in [0.2, 0.25) is 0 Å². The first-order chi connectivity index (χ1) is 9.19. The molecule has 0 bridgehead atoms. The van der Waals surface area contributed by atoms with Crippen LogP contribution in [0.1, 0.15) is 0 Å². The summed E-state index contributed by atoms with van der Waals surface area (Å²) >= 11 is 5.60. The van der Waals surface area contributed by atoms with Crippen molar-refractivity contribution >= 4 is 57.3 Å². The Hall–Kier alpha value is -0.670. The van der Waals surface area contributed by atoms with E-state index in [9.17, 15) is 4.39 Å². The average molecular weight is 450 g/mol. The Morgan fingerprint density at radius 2 is 2.11 bits per heavy atom. The van der Waals surface area contributed by atoms with Gasteiger partial charge in [0.25, 0.3) is 0 Å². The predicted octanol–water partition coefficient (Wildman–Crippen LogP) is 4.85. The molecule has 0 amide bonds. The molecule has 3 heterocycles. The summed E-state index contributed by atoms with van der Waals surface area (Å²) in [6.45, 7) is 0. The van der Waals surface area contributed by atoms with E-state index in [1.807, 2.05) is 16.2 Å². The van der Waals surface area contributed by atoms with Crippen molar-refractivity contribution in [3.63, 3.8) is 0 Å². The van der Waals surface area contributed by atoms with Crippen LogP contribution in [-0.4, -0.2) is 13.9 Å². The van der Waals surface area contributed by atoms with Gasteiger partial charge in [-0.1, -0.05) is 0 Å². The Kier molecular flexibility index (Phi) is 3.77. The van der Waals surface area contributed by atoms with E-state index in [2.05, 4.69) is 47.1 Å². The van der Waals surface area contributed by atoms with Crippen molar-refractivity contribution in [2.45, 2.75) is 0 Å². The van der Waals surface area contributed by atoms with Gasteiger partial charge < -0.3 is 0 Å². The van der Waals surface area contributed by atoms with Crippen LogP contribution in [0.25, 0.3) is 22.2 Å². The zero-order chi connectivity index (χ0) is 13.4. The Labute approximate surface area is 133 Å². The van der Waals surface area contributed by atoms with Gasteiger partial charge in [-0.25, -0.2) is 9.37 Å². The average Bonchev–Trinajstić information content (AvgIpc) is 2.76. The maximum absolute atomic E-state index is 13.3. The van der Waals surface area contributed by atoms with Crippen molar-refractivity contribution < 1.29 is 4.39 Å². The van der Waals surface area contributed by atoms with Crippen LogP contribution in [0.5, 0.6) is 0 Å². The van der Waals surface area contributed by atoms with Gasteiger partial charge in [-0.15, -0.1) is 0 Å². The van der Waals surface area contributed by atoms with Crippen molar-refractivity contribution in [3.05, 3.63) is 47.2 Å². The van der Waals surface area contributed by atoms with Gasteiger partial charge in [0.15, 0.2) is 5.65 Å². The van der Waals surface area contributed by atoms with Crippen LogP contribution in [0, 0.1) is 5.82 Å². The molecule has 0 N–H and O–H groups in total. The molecular formula is C12H6BrFIN3S. The van der Waals surface area contributed by atoms with Crippen LogP contribution >= 0.6 is 46.3 Å². The third-order valence-corrected chi connectivity index (χ3v) is 4.80. The maximum Gasteiger partial charge on any atom is 0.151 e. The van der Waals surface area contributed by atoms with Crippen molar-refractivity contribution in [1.82, 2.24) is 13.9 Å². The summed E-state index contributed by atoms with van der Waals surface area (Å²) in [6.07, 6.45) is 6.54. The molecule has 7 heteroatoms. The molecule has 0 aromatic carbocycles. The summed E-state index contributed by atoms with van der Waals surface area (Å²) in [5, 5.41) is 0.964. The SMILES string of the molecule is Fc1cncc(-c2cn(SI)c3ncc(Br)cc23)c1. The van der Waals surface area contributed by atoms with E-state index in [-0.39, 0.29) is 5.82 Å². The smallest absolute Gasteiger partial charge is 0.151 e. The van der Waals surface area contributed by atoms with Crippen molar-refractivity contribution in [1.29, 1.82) is 0 Å². The van der Waals surface area contributed by atoms with E-state index < -0.39 is 0 Å². The molecule has 0 aliphatic rings. The number of pyridine rings is 2. The summed E-state index contributed by atoms with van der Waals surface area (Å²) < 4.78 is 16.2. The van der Waals surface area contributed by atoms with E-state index in [1.165, 1.54) is 21.4 Å². The topological polar surface area (TPSA) is 30.7 Å². The van der Waals surface area contributed by atoms with E-state index in [0.717, 1.165) is 26.6 Å². The number of hydrogen-bond acceptors (Lipinski definition) is 3. The molecule has 0 atom stereocenters. The highest BCUT2D eigenvalue weighted by molar-refractivity contribution is 14.2. The minimum absolute atomic E-state index is 0.344. The molecule has 0 saturated heterocycles. The summed E-state index contributed by atoms with van der Waals surface area (Å²) in [7, 11) is 1.52. The van der Waals surface area contributed by atoms with Crippen LogP contribution in [0.3, 0.4) is 0 Å². The van der Waals surface area contributed by atoms with Crippen LogP contribution in [0.15, 0.2) is 41.4 Å². The van der Waals surface area contributed by atoms with Crippen LogP contribution in [0.4, 0.5) is 4.39 Å². The summed E-state index contributed by atoms with van der Waals surface area (Å²) in [4.78, 5) is 8.30. The number of rotatable bonds is 2. The number of halogens is 3. The highest BCUT2D eigenvalue weighted by atomic mass is 127. The molecular weight excluding hydrogens is 444 g/mol. The molecule has 0 radical (unpaired) electrons. The van der Waals surface area contributed by atoms with Crippen LogP contribution in [-0.2, 0) is 0 Å². The first-order valence-corrected chi connectivity index (χ1v) is 9.36. The van der Waals surface area contributed by atoms with E-state index in [0.29, 0.717) is 0 Å². The fourth-order valence-electron chi connectivity index (χ4n) is 1.90. The molecule has 0 spiro atoms. The largest absolute Gasteiger partial charge is 0.265 e. The predicted molar refractivity (Wildman–Crippen MR) is 87.6 cm³/mol. The van der Waals surface area contributed by atoms with E-state index >= 15 is 0 Å². The first-order valence-electron chi connectivity index (χ1n) is 5.25. The Bertz CT molecular complexity index is 762. The van der Waals surface area contributed by atoms with Gasteiger partial charge in [-0.2, -0.15) is 0 Å². The molecule has 3 rings (SSSR count). The normalized spacial score (nSPS) is 11.1. The zero-order valence-corrected chi connectivity index (χ0v) is 13.9. The van der Waals surface area contributed by atoms with E-state index in [4.69, 9.17) is 0 Å². The Morgan fingerprint density at radius 3 is 2.84 bits per heavy atom. The first kappa shape index (κ1) is 13.3. The standard InChI is InChI=1S/C12H6BrFIN3S/c13-8-2-10-11(7-1-9(14)5-16-3-7)6-18(19-15)12(10)17-4-8/h1-6H. The molecule has 0 fully saturated rings. The Balaban J connectivity index is 2.31. The van der Waals surface area contributed by atoms with Gasteiger partial charge in [0.05, 0.1) is 6.20 Å². The highest BCUT2D eigenvalue weighted by Gasteiger charge is 2.12. The fraction of sp³-hybridized carbons (Fsp3) is 0. The molecule has 0 aliphatic heterocycles. The molecule has 3 aromatic rings. The van der Waals surface area contributed by atoms with Gasteiger partial charge in [-0.3, -0.25) is 8.96 Å². The van der Waals surface area contributed by atoms with Gasteiger partial charge in [-0.05, 0) is 28.1 Å². The minimum Gasteiger partial charge on any atom is -0.265 e. The molecule has 3 nitrogen and oxygen atoms in total. The van der Waals surface area contributed by atoms with Gasteiger partial charge in [0, 0.05) is 69.9 Å². The van der Waals surface area contributed by atoms with E-state index in [1.54, 1.807) is 12.4 Å². The molecule has 96 valence electrons. The molecule has 19 heavy (non-hydrogen) atoms. The third-order valence-electron chi connectivity index (χ3n) is 2.67. The lowest BCUT2D eigenvalue weighted by molar-refractivity contribution is 0.622. The summed E-state index contributed by atoms with van der Waals surface area (Å²) in [5.74, 6) is -0.344. The maximum atomic E-state index is 13.3. The second-order valence-electron chi connectivity index (χ2n) is 3.85. The van der Waals surface area contributed by atoms with Gasteiger partial charge in [0.1, 0.15) is 5.82 Å². The number of nitrogens with zero attached hydrogens (tertiary/aromatic N) is 3. The summed E-state index contributed by atoms with van der Waals surface area (Å²) in [6, 6.07) is 3.46. The van der Waals surface area contributed by atoms with Gasteiger partial charge >= 0.3 is 0 Å². The lowest BCUT2D eigenvalue weighted by atomic mass is 10.1. The van der Waals surface area contributed by atoms with Crippen LogP contribution < -0.4 is 0 Å². The molecule has 3 aromatic heterocycles. The fourth-order valence-corrected chi connectivity index (χ4v) is 3.48. The lowest BCUT2D eigenvalue weighted by Crippen LogP contribution is -1.83. The highest BCUT2D eigenvalue weighted by Crippen LogP contribution is 2.34. The van der Waals surface area contributed by atoms with Gasteiger partial charge in [0.2, 0.25) is 0 Å². The zero-order valence-electron chi connectivity index (χ0n) is 9.35. The minimum atomic E-state index is -0.344. The number of aromatic nitrogens is 3. The third kappa shape index (κ3) is 2.50. The van der Waals surface area contributed by atoms with Crippen molar-refractivity contribution in [2.75, 3.05) is 0 Å². The second kappa shape index (κ2) is 5.37. The summed E-state index contributed by atoms with van der Waals surface area (Å²) in [5.41, 5.74) is 2.51. The molecule has 0 aliphatic carbocycles. The van der Waals surface area contributed by atoms with Crippen molar-refractivity contribution in [2.24, 2.45) is 0 Å². The van der Waals surface area contributed by atoms with Crippen molar-refractivity contribution in [3.8, 4) is 11.1 Å². The quantitative estimate of drug-likeness (QED) is 0.524. The number of hydrogen-bond donors (Lipinski definition) is 0. The lowest BCUT2D eigenvalue weighted by Gasteiger charge is -1.99. The molecule has 0 unspecified atom stereocenters. The second-order valence-corrected chi connectivity index (χ2v) is 6.48. The Morgan fingerprint density at radius 1 is 1.26 bits per heavy atom. The monoisotopic (exact) mass is 449 g/mol.